The van der Waals surface area contributed by atoms with Crippen LogP contribution in [0.2, 0.25) is 5.02 Å². The van der Waals surface area contributed by atoms with Crippen molar-refractivity contribution in [2.75, 3.05) is 12.7 Å². The quantitative estimate of drug-likeness (QED) is 0.707. The molecule has 14 heavy (non-hydrogen) atoms. The van der Waals surface area contributed by atoms with Crippen LogP contribution in [0.3, 0.4) is 0 Å². The zero-order valence-electron chi connectivity index (χ0n) is 7.60. The van der Waals surface area contributed by atoms with Crippen LogP contribution in [0.4, 0.5) is 4.39 Å². The second-order valence-electron chi connectivity index (χ2n) is 2.81. The molecule has 0 saturated heterocycles. The van der Waals surface area contributed by atoms with Gasteiger partial charge in [-0.25, -0.2) is 4.39 Å². The van der Waals surface area contributed by atoms with Crippen LogP contribution in [0.15, 0.2) is 18.2 Å². The van der Waals surface area contributed by atoms with Crippen molar-refractivity contribution < 1.29 is 9.13 Å². The van der Waals surface area contributed by atoms with E-state index in [1.807, 2.05) is 6.07 Å². The topological polar surface area (TPSA) is 9.23 Å². The van der Waals surface area contributed by atoms with E-state index in [0.717, 1.165) is 18.4 Å². The Morgan fingerprint density at radius 1 is 1.36 bits per heavy atom. The summed E-state index contributed by atoms with van der Waals surface area (Å²) in [6.07, 6.45) is 1.74. The van der Waals surface area contributed by atoms with Crippen molar-refractivity contribution >= 4 is 23.2 Å². The number of rotatable bonds is 5. The van der Waals surface area contributed by atoms with Gasteiger partial charge in [0.25, 0.3) is 0 Å². The second kappa shape index (κ2) is 6.10. The Morgan fingerprint density at radius 2 is 2.14 bits per heavy atom. The molecule has 0 heterocycles. The number of ether oxygens (including phenoxy) is 1. The summed E-state index contributed by atoms with van der Waals surface area (Å²) in [5, 5.41) is 0.428. The molecule has 78 valence electrons. The Labute approximate surface area is 92.8 Å². The second-order valence-corrected chi connectivity index (χ2v) is 3.60. The highest BCUT2D eigenvalue weighted by atomic mass is 35.5. The first-order valence-corrected chi connectivity index (χ1v) is 5.22. The first-order valence-electron chi connectivity index (χ1n) is 4.31. The van der Waals surface area contributed by atoms with Crippen LogP contribution in [0.1, 0.15) is 12.0 Å². The predicted octanol–water partition coefficient (Wildman–Crippen LogP) is 3.82. The fourth-order valence-electron chi connectivity index (χ4n) is 1.14. The predicted molar refractivity (Wildman–Crippen MR) is 57.1 cm³/mol. The van der Waals surface area contributed by atoms with Gasteiger partial charge in [0.1, 0.15) is 5.75 Å². The van der Waals surface area contributed by atoms with Crippen LogP contribution in [-0.2, 0) is 6.42 Å². The summed E-state index contributed by atoms with van der Waals surface area (Å²) < 4.78 is 16.7. The van der Waals surface area contributed by atoms with Crippen molar-refractivity contribution in [2.45, 2.75) is 12.8 Å². The molecule has 0 bridgehead atoms. The minimum absolute atomic E-state index is 0.390. The van der Waals surface area contributed by atoms with E-state index < -0.39 is 6.86 Å². The zero-order chi connectivity index (χ0) is 10.4. The number of benzene rings is 1. The van der Waals surface area contributed by atoms with Gasteiger partial charge in [-0.1, -0.05) is 17.7 Å². The first-order chi connectivity index (χ1) is 6.77. The van der Waals surface area contributed by atoms with Gasteiger partial charge >= 0.3 is 0 Å². The number of hydrogen-bond donors (Lipinski definition) is 0. The van der Waals surface area contributed by atoms with Crippen molar-refractivity contribution in [3.05, 3.63) is 28.8 Å². The summed E-state index contributed by atoms with van der Waals surface area (Å²) in [4.78, 5) is 0. The van der Waals surface area contributed by atoms with Crippen LogP contribution in [-0.4, -0.2) is 12.7 Å². The zero-order valence-corrected chi connectivity index (χ0v) is 9.11. The normalized spacial score (nSPS) is 10.2. The van der Waals surface area contributed by atoms with E-state index >= 15 is 0 Å². The molecule has 0 fully saturated rings. The van der Waals surface area contributed by atoms with Gasteiger partial charge in [0.2, 0.25) is 6.86 Å². The summed E-state index contributed by atoms with van der Waals surface area (Å²) in [7, 11) is 0. The summed E-state index contributed by atoms with van der Waals surface area (Å²) in [5.74, 6) is 1.00. The van der Waals surface area contributed by atoms with E-state index in [9.17, 15) is 4.39 Å². The van der Waals surface area contributed by atoms with Crippen LogP contribution in [0.5, 0.6) is 5.75 Å². The number of halogens is 3. The molecule has 0 aliphatic rings. The molecule has 0 atom stereocenters. The largest absolute Gasteiger partial charge is 0.461 e. The van der Waals surface area contributed by atoms with Gasteiger partial charge in [-0.05, 0) is 30.5 Å². The van der Waals surface area contributed by atoms with Crippen molar-refractivity contribution in [1.82, 2.24) is 0 Å². The molecule has 0 amide bonds. The standard InChI is InChI=1S/C10H11Cl2FO/c11-5-1-2-8-3-4-9(12)10(6-8)14-7-13/h3-4,6H,1-2,5,7H2. The molecule has 1 nitrogen and oxygen atoms in total. The minimum atomic E-state index is -0.862. The molecule has 0 aliphatic heterocycles. The average molecular weight is 237 g/mol. The van der Waals surface area contributed by atoms with E-state index in [-0.39, 0.29) is 0 Å². The van der Waals surface area contributed by atoms with Gasteiger partial charge in [0, 0.05) is 5.88 Å². The Morgan fingerprint density at radius 3 is 2.79 bits per heavy atom. The summed E-state index contributed by atoms with van der Waals surface area (Å²) in [5.41, 5.74) is 1.05. The molecular weight excluding hydrogens is 226 g/mol. The average Bonchev–Trinajstić information content (AvgIpc) is 2.19. The van der Waals surface area contributed by atoms with Gasteiger partial charge in [-0.3, -0.25) is 0 Å². The minimum Gasteiger partial charge on any atom is -0.461 e. The fourth-order valence-corrected chi connectivity index (χ4v) is 1.45. The third-order valence-corrected chi connectivity index (χ3v) is 2.38. The monoisotopic (exact) mass is 236 g/mol. The fraction of sp³-hybridized carbons (Fsp3) is 0.400. The van der Waals surface area contributed by atoms with Gasteiger partial charge in [-0.2, -0.15) is 0 Å². The lowest BCUT2D eigenvalue weighted by Gasteiger charge is -2.06. The van der Waals surface area contributed by atoms with Crippen LogP contribution < -0.4 is 4.74 Å². The Bertz CT molecular complexity index is 291. The lowest BCUT2D eigenvalue weighted by Crippen LogP contribution is -1.93. The molecule has 0 unspecified atom stereocenters. The van der Waals surface area contributed by atoms with E-state index in [0.29, 0.717) is 16.7 Å². The van der Waals surface area contributed by atoms with Crippen LogP contribution in [0.25, 0.3) is 0 Å². The molecule has 0 N–H and O–H groups in total. The Balaban J connectivity index is 2.72. The first kappa shape index (κ1) is 11.6. The van der Waals surface area contributed by atoms with Crippen molar-refractivity contribution in [3.8, 4) is 5.75 Å². The molecule has 1 rings (SSSR count). The smallest absolute Gasteiger partial charge is 0.228 e. The summed E-state index contributed by atoms with van der Waals surface area (Å²) in [6, 6.07) is 5.34. The molecule has 0 saturated carbocycles. The SMILES string of the molecule is FCOc1cc(CCCCl)ccc1Cl. The van der Waals surface area contributed by atoms with Crippen LogP contribution >= 0.6 is 23.2 Å². The van der Waals surface area contributed by atoms with Gasteiger partial charge in [0.15, 0.2) is 0 Å². The molecule has 0 aromatic heterocycles. The highest BCUT2D eigenvalue weighted by Gasteiger charge is 2.02. The Hall–Kier alpha value is -0.470. The molecule has 0 radical (unpaired) electrons. The third-order valence-electron chi connectivity index (χ3n) is 1.80. The van der Waals surface area contributed by atoms with E-state index in [2.05, 4.69) is 0 Å². The maximum absolute atomic E-state index is 11.9. The van der Waals surface area contributed by atoms with Gasteiger partial charge in [0.05, 0.1) is 5.02 Å². The number of alkyl halides is 2. The number of hydrogen-bond acceptors (Lipinski definition) is 1. The van der Waals surface area contributed by atoms with E-state index in [4.69, 9.17) is 27.9 Å². The van der Waals surface area contributed by atoms with Crippen molar-refractivity contribution in [2.24, 2.45) is 0 Å². The van der Waals surface area contributed by atoms with E-state index in [1.54, 1.807) is 12.1 Å². The molecule has 1 aromatic carbocycles. The lowest BCUT2D eigenvalue weighted by atomic mass is 10.1. The van der Waals surface area contributed by atoms with Gasteiger partial charge < -0.3 is 4.74 Å². The highest BCUT2D eigenvalue weighted by molar-refractivity contribution is 6.32. The summed E-state index contributed by atoms with van der Waals surface area (Å²) >= 11 is 11.4. The number of aryl methyl sites for hydroxylation is 1. The van der Waals surface area contributed by atoms with Crippen LogP contribution in [0, 0.1) is 0 Å². The Kier molecular flexibility index (Phi) is 5.05. The van der Waals surface area contributed by atoms with Crippen molar-refractivity contribution in [3.63, 3.8) is 0 Å². The van der Waals surface area contributed by atoms with Crippen molar-refractivity contribution in [1.29, 1.82) is 0 Å². The highest BCUT2D eigenvalue weighted by Crippen LogP contribution is 2.26. The maximum atomic E-state index is 11.9. The molecule has 4 heteroatoms. The van der Waals surface area contributed by atoms with Gasteiger partial charge in [-0.15, -0.1) is 11.6 Å². The third kappa shape index (κ3) is 3.35. The molecule has 1 aromatic rings. The molecule has 0 aliphatic carbocycles. The van der Waals surface area contributed by atoms with E-state index in [1.165, 1.54) is 0 Å². The molecular formula is C10H11Cl2FO. The lowest BCUT2D eigenvalue weighted by molar-refractivity contribution is 0.192. The molecule has 0 spiro atoms. The maximum Gasteiger partial charge on any atom is 0.228 e. The summed E-state index contributed by atoms with van der Waals surface area (Å²) in [6.45, 7) is -0.862.